The van der Waals surface area contributed by atoms with Crippen LogP contribution < -0.4 is 15.9 Å². The Morgan fingerprint density at radius 1 is 0.585 bits per heavy atom. The van der Waals surface area contributed by atoms with Crippen LogP contribution in [0.1, 0.15) is 0 Å². The highest BCUT2D eigenvalue weighted by atomic mass is 32.2. The van der Waals surface area contributed by atoms with Crippen molar-refractivity contribution in [2.45, 2.75) is 5.16 Å². The molecule has 0 unspecified atom stereocenters. The maximum Gasteiger partial charge on any atom is 0.322 e. The molecule has 7 rings (SSSR count). The molecule has 4 aromatic heterocycles. The summed E-state index contributed by atoms with van der Waals surface area (Å²) < 4.78 is 61.8. The molecule has 13 nitrogen and oxygen atoms in total. The molecule has 3 aromatic carbocycles. The molecule has 0 saturated carbocycles. The summed E-state index contributed by atoms with van der Waals surface area (Å²) in [6.07, 6.45) is 3.91. The number of benzene rings is 3. The lowest BCUT2D eigenvalue weighted by Crippen LogP contribution is -2.17. The number of halogens is 2. The molecule has 270 valence electrons. The Bertz CT molecular complexity index is 2670. The molecule has 0 aliphatic carbocycles. The summed E-state index contributed by atoms with van der Waals surface area (Å²) in [6, 6.07) is 23.9. The average Bonchev–Trinajstić information content (AvgIpc) is 3.51. The Morgan fingerprint density at radius 3 is 1.51 bits per heavy atom. The second kappa shape index (κ2) is 14.6. The highest BCUT2D eigenvalue weighted by Gasteiger charge is 2.23. The number of ether oxygens (including phenoxy) is 1. The van der Waals surface area contributed by atoms with Crippen LogP contribution in [0.25, 0.3) is 45.0 Å². The zero-order chi connectivity index (χ0) is 38.0. The zero-order valence-corrected chi connectivity index (χ0v) is 29.9. The highest BCUT2D eigenvalue weighted by Crippen LogP contribution is 2.31. The number of aromatic nitrogens is 8. The zero-order valence-electron chi connectivity index (χ0n) is 29.1. The molecule has 0 atom stereocenters. The lowest BCUT2D eigenvalue weighted by Gasteiger charge is -2.09. The molecular formula is C37H32F2N8O5S. The number of sulfone groups is 1. The van der Waals surface area contributed by atoms with Crippen molar-refractivity contribution < 1.29 is 21.9 Å². The Kier molecular flexibility index (Phi) is 9.98. The van der Waals surface area contributed by atoms with Crippen molar-refractivity contribution in [2.75, 3.05) is 6.26 Å². The number of nitrogens with zero attached hydrogens (tertiary/aromatic N) is 8. The third-order valence-corrected chi connectivity index (χ3v) is 9.20. The van der Waals surface area contributed by atoms with Gasteiger partial charge >= 0.3 is 6.01 Å². The van der Waals surface area contributed by atoms with Gasteiger partial charge in [-0.05, 0) is 59.7 Å². The minimum absolute atomic E-state index is 0.171. The predicted octanol–water partition coefficient (Wildman–Crippen LogP) is 5.17. The van der Waals surface area contributed by atoms with E-state index in [-0.39, 0.29) is 33.8 Å². The first-order chi connectivity index (χ1) is 25.2. The summed E-state index contributed by atoms with van der Waals surface area (Å²) in [5, 5.41) is -0.327. The molecule has 7 aromatic rings. The largest absolute Gasteiger partial charge is 0.424 e. The van der Waals surface area contributed by atoms with E-state index in [9.17, 15) is 26.8 Å². The van der Waals surface area contributed by atoms with Gasteiger partial charge in [0.25, 0.3) is 11.1 Å². The lowest BCUT2D eigenvalue weighted by atomic mass is 10.0. The van der Waals surface area contributed by atoms with Gasteiger partial charge in [-0.25, -0.2) is 32.2 Å². The Balaban J connectivity index is 0.000000183. The van der Waals surface area contributed by atoms with Crippen LogP contribution in [0, 0.1) is 11.6 Å². The Morgan fingerprint density at radius 2 is 1.04 bits per heavy atom. The van der Waals surface area contributed by atoms with Gasteiger partial charge in [0.15, 0.2) is 0 Å². The fraction of sp³-hybridized carbons (Fsp3) is 0.135. The Hall–Kier alpha value is -6.55. The van der Waals surface area contributed by atoms with Gasteiger partial charge in [0.1, 0.15) is 17.4 Å². The maximum absolute atomic E-state index is 13.3. The van der Waals surface area contributed by atoms with Crippen LogP contribution in [0.3, 0.4) is 0 Å². The standard InChI is InChI=1S/C21H17FN4O2.C16H15FN4O3S/c1-25-19(18(20(27)26(25)2)14-8-10-15(22)11-9-14)17-12-13-23-21(24-17)28-16-6-4-3-5-7-16;1-20-14(12-8-9-18-16(19-12)25(3,23)24)13(15(22)21(20)2)10-4-6-11(17)7-5-10/h3-13H,1-2H3;4-9H,1-3H3. The molecule has 0 aliphatic rings. The van der Waals surface area contributed by atoms with E-state index < -0.39 is 15.7 Å². The SMILES string of the molecule is Cn1c(-c2ccnc(Oc3ccccc3)n2)c(-c2ccc(F)cc2)c(=O)n1C.Cn1c(-c2ccnc(S(C)(=O)=O)n2)c(-c2ccc(F)cc2)c(=O)n1C. The first kappa shape index (κ1) is 36.2. The minimum atomic E-state index is -3.60. The normalized spacial score (nSPS) is 11.2. The van der Waals surface area contributed by atoms with Gasteiger partial charge < -0.3 is 4.74 Å². The van der Waals surface area contributed by atoms with E-state index in [4.69, 9.17) is 4.74 Å². The van der Waals surface area contributed by atoms with Crippen molar-refractivity contribution in [3.05, 3.63) is 136 Å². The van der Waals surface area contributed by atoms with E-state index in [1.165, 1.54) is 58.0 Å². The lowest BCUT2D eigenvalue weighted by molar-refractivity contribution is 0.442. The molecule has 53 heavy (non-hydrogen) atoms. The van der Waals surface area contributed by atoms with Gasteiger partial charge in [-0.3, -0.25) is 28.3 Å². The second-order valence-corrected chi connectivity index (χ2v) is 13.7. The fourth-order valence-corrected chi connectivity index (χ4v) is 6.05. The van der Waals surface area contributed by atoms with E-state index in [1.807, 2.05) is 18.2 Å². The van der Waals surface area contributed by atoms with Crippen LogP contribution in [0.5, 0.6) is 11.8 Å². The number of para-hydroxylation sites is 1. The third kappa shape index (κ3) is 7.43. The van der Waals surface area contributed by atoms with Gasteiger partial charge in [-0.15, -0.1) is 0 Å². The first-order valence-corrected chi connectivity index (χ1v) is 17.8. The van der Waals surface area contributed by atoms with Gasteiger partial charge in [-0.2, -0.15) is 4.98 Å². The van der Waals surface area contributed by atoms with Crippen molar-refractivity contribution >= 4 is 9.84 Å². The number of hydrogen-bond acceptors (Lipinski definition) is 9. The van der Waals surface area contributed by atoms with Crippen molar-refractivity contribution in [3.8, 4) is 56.8 Å². The Labute approximate surface area is 302 Å². The van der Waals surface area contributed by atoms with Crippen LogP contribution in [0.15, 0.2) is 118 Å². The second-order valence-electron chi connectivity index (χ2n) is 11.8. The van der Waals surface area contributed by atoms with E-state index in [1.54, 1.807) is 74.1 Å². The van der Waals surface area contributed by atoms with Crippen molar-refractivity contribution in [1.29, 1.82) is 0 Å². The van der Waals surface area contributed by atoms with Crippen molar-refractivity contribution in [3.63, 3.8) is 0 Å². The van der Waals surface area contributed by atoms with Crippen LogP contribution in [-0.2, 0) is 38.0 Å². The number of rotatable bonds is 7. The first-order valence-electron chi connectivity index (χ1n) is 15.9. The molecule has 0 saturated heterocycles. The van der Waals surface area contributed by atoms with Gasteiger partial charge in [0.05, 0.1) is 33.9 Å². The van der Waals surface area contributed by atoms with Crippen molar-refractivity contribution in [1.82, 2.24) is 38.7 Å². The topological polar surface area (TPSA) is 149 Å². The van der Waals surface area contributed by atoms with Crippen LogP contribution in [-0.4, -0.2) is 53.3 Å². The summed E-state index contributed by atoms with van der Waals surface area (Å²) in [7, 11) is 3.08. The summed E-state index contributed by atoms with van der Waals surface area (Å²) in [6.45, 7) is 0. The average molecular weight is 739 g/mol. The molecule has 0 amide bonds. The van der Waals surface area contributed by atoms with Crippen LogP contribution >= 0.6 is 0 Å². The van der Waals surface area contributed by atoms with E-state index >= 15 is 0 Å². The molecular weight excluding hydrogens is 707 g/mol. The molecule has 4 heterocycles. The van der Waals surface area contributed by atoms with E-state index in [0.29, 0.717) is 45.1 Å². The fourth-order valence-electron chi connectivity index (χ4n) is 5.53. The monoisotopic (exact) mass is 738 g/mol. The van der Waals surface area contributed by atoms with E-state index in [2.05, 4.69) is 19.9 Å². The molecule has 0 N–H and O–H groups in total. The summed E-state index contributed by atoms with van der Waals surface area (Å²) in [5.41, 5.74) is 3.20. The minimum Gasteiger partial charge on any atom is -0.424 e. The molecule has 0 spiro atoms. The van der Waals surface area contributed by atoms with Crippen molar-refractivity contribution in [2.24, 2.45) is 28.2 Å². The van der Waals surface area contributed by atoms with Crippen LogP contribution in [0.2, 0.25) is 0 Å². The van der Waals surface area contributed by atoms with Crippen LogP contribution in [0.4, 0.5) is 8.78 Å². The van der Waals surface area contributed by atoms with Gasteiger partial charge in [0, 0.05) is 46.8 Å². The quantitative estimate of drug-likeness (QED) is 0.202. The molecule has 0 aliphatic heterocycles. The van der Waals surface area contributed by atoms with Gasteiger partial charge in [0.2, 0.25) is 15.0 Å². The predicted molar refractivity (Wildman–Crippen MR) is 194 cm³/mol. The molecule has 0 radical (unpaired) electrons. The van der Waals surface area contributed by atoms with Gasteiger partial charge in [-0.1, -0.05) is 42.5 Å². The number of hydrogen-bond donors (Lipinski definition) is 0. The highest BCUT2D eigenvalue weighted by molar-refractivity contribution is 7.90. The maximum atomic E-state index is 13.3. The molecule has 0 fully saturated rings. The van der Waals surface area contributed by atoms with E-state index in [0.717, 1.165) is 6.26 Å². The summed E-state index contributed by atoms with van der Waals surface area (Å²) >= 11 is 0. The smallest absolute Gasteiger partial charge is 0.322 e. The molecule has 16 heteroatoms. The summed E-state index contributed by atoms with van der Waals surface area (Å²) in [5.74, 6) is -0.168. The molecule has 0 bridgehead atoms. The third-order valence-electron chi connectivity index (χ3n) is 8.34. The summed E-state index contributed by atoms with van der Waals surface area (Å²) in [4.78, 5) is 41.9.